The van der Waals surface area contributed by atoms with Crippen molar-refractivity contribution in [1.29, 1.82) is 0 Å². The molecule has 0 unspecified atom stereocenters. The van der Waals surface area contributed by atoms with Crippen LogP contribution in [0.15, 0.2) is 30.5 Å². The van der Waals surface area contributed by atoms with Gasteiger partial charge in [0.05, 0.1) is 6.20 Å². The van der Waals surface area contributed by atoms with E-state index in [1.807, 2.05) is 37.0 Å². The summed E-state index contributed by atoms with van der Waals surface area (Å²) in [6.45, 7) is 4.87. The summed E-state index contributed by atoms with van der Waals surface area (Å²) in [6.07, 6.45) is 2.91. The molecule has 1 heterocycles. The molecule has 0 radical (unpaired) electrons. The van der Waals surface area contributed by atoms with Crippen LogP contribution in [0.4, 0.5) is 5.69 Å². The number of benzene rings is 1. The van der Waals surface area contributed by atoms with E-state index >= 15 is 0 Å². The van der Waals surface area contributed by atoms with Crippen LogP contribution in [0.25, 0.3) is 0 Å². The minimum Gasteiger partial charge on any atom is -0.358 e. The van der Waals surface area contributed by atoms with E-state index in [4.69, 9.17) is 12.2 Å². The van der Waals surface area contributed by atoms with Crippen LogP contribution in [0.5, 0.6) is 0 Å². The number of anilines is 1. The second-order valence-corrected chi connectivity index (χ2v) is 5.15. The quantitative estimate of drug-likeness (QED) is 0.849. The first-order valence-electron chi connectivity index (χ1n) is 6.71. The van der Waals surface area contributed by atoms with Crippen LogP contribution < -0.4 is 10.6 Å². The van der Waals surface area contributed by atoms with Gasteiger partial charge in [-0.15, -0.1) is 0 Å². The average Bonchev–Trinajstić information content (AvgIpc) is 2.77. The van der Waals surface area contributed by atoms with Gasteiger partial charge in [-0.25, -0.2) is 0 Å². The summed E-state index contributed by atoms with van der Waals surface area (Å²) in [7, 11) is 1.94. The largest absolute Gasteiger partial charge is 0.358 e. The van der Waals surface area contributed by atoms with Gasteiger partial charge >= 0.3 is 0 Å². The Bertz CT molecular complexity index is 586. The van der Waals surface area contributed by atoms with Crippen LogP contribution in [0.2, 0.25) is 0 Å². The van der Waals surface area contributed by atoms with Crippen LogP contribution in [-0.2, 0) is 20.0 Å². The Balaban J connectivity index is 1.87. The molecule has 0 bridgehead atoms. The smallest absolute Gasteiger partial charge is 0.171 e. The van der Waals surface area contributed by atoms with E-state index in [0.29, 0.717) is 11.7 Å². The Labute approximate surface area is 125 Å². The Morgan fingerprint density at radius 1 is 1.30 bits per heavy atom. The van der Waals surface area contributed by atoms with Crippen LogP contribution in [-0.4, -0.2) is 14.9 Å². The summed E-state index contributed by atoms with van der Waals surface area (Å²) >= 11 is 5.30. The van der Waals surface area contributed by atoms with Crippen molar-refractivity contribution < 1.29 is 0 Å². The third kappa shape index (κ3) is 3.57. The van der Waals surface area contributed by atoms with Crippen molar-refractivity contribution in [2.24, 2.45) is 7.05 Å². The second kappa shape index (κ2) is 6.52. The SMILES string of the molecule is CCc1ccc(NC(=S)NCc2cnn(C)c2C)cc1. The summed E-state index contributed by atoms with van der Waals surface area (Å²) < 4.78 is 1.86. The molecule has 0 aliphatic heterocycles. The molecule has 0 saturated heterocycles. The zero-order chi connectivity index (χ0) is 14.5. The second-order valence-electron chi connectivity index (χ2n) is 4.74. The Hall–Kier alpha value is -1.88. The van der Waals surface area contributed by atoms with Gasteiger partial charge < -0.3 is 10.6 Å². The predicted molar refractivity (Wildman–Crippen MR) is 86.8 cm³/mol. The highest BCUT2D eigenvalue weighted by Gasteiger charge is 2.04. The van der Waals surface area contributed by atoms with Gasteiger partial charge in [-0.3, -0.25) is 4.68 Å². The summed E-state index contributed by atoms with van der Waals surface area (Å²) in [5.74, 6) is 0. The van der Waals surface area contributed by atoms with Gasteiger partial charge in [0.1, 0.15) is 0 Å². The molecule has 0 aliphatic carbocycles. The van der Waals surface area contributed by atoms with Crippen molar-refractivity contribution in [1.82, 2.24) is 15.1 Å². The van der Waals surface area contributed by atoms with E-state index in [9.17, 15) is 0 Å². The first-order valence-corrected chi connectivity index (χ1v) is 7.12. The lowest BCUT2D eigenvalue weighted by molar-refractivity contribution is 0.736. The maximum absolute atomic E-state index is 5.30. The van der Waals surface area contributed by atoms with Gasteiger partial charge in [0.15, 0.2) is 5.11 Å². The van der Waals surface area contributed by atoms with Gasteiger partial charge in [-0.05, 0) is 43.3 Å². The molecule has 2 aromatic rings. The molecular weight excluding hydrogens is 268 g/mol. The number of hydrogen-bond donors (Lipinski definition) is 2. The molecule has 0 fully saturated rings. The van der Waals surface area contributed by atoms with E-state index in [1.165, 1.54) is 5.56 Å². The molecule has 0 atom stereocenters. The maximum Gasteiger partial charge on any atom is 0.171 e. The molecule has 20 heavy (non-hydrogen) atoms. The summed E-state index contributed by atoms with van der Waals surface area (Å²) in [6, 6.07) is 8.30. The number of thiocarbonyl (C=S) groups is 1. The minimum atomic E-state index is 0.623. The van der Waals surface area contributed by atoms with Crippen LogP contribution >= 0.6 is 12.2 Å². The maximum atomic E-state index is 5.30. The minimum absolute atomic E-state index is 0.623. The first-order chi connectivity index (χ1) is 9.60. The normalized spacial score (nSPS) is 10.3. The van der Waals surface area contributed by atoms with E-state index in [2.05, 4.69) is 34.8 Å². The van der Waals surface area contributed by atoms with E-state index in [0.717, 1.165) is 23.4 Å². The summed E-state index contributed by atoms with van der Waals surface area (Å²) in [4.78, 5) is 0. The number of rotatable bonds is 4. The number of aromatic nitrogens is 2. The zero-order valence-electron chi connectivity index (χ0n) is 12.1. The van der Waals surface area contributed by atoms with Crippen molar-refractivity contribution >= 4 is 23.0 Å². The van der Waals surface area contributed by atoms with Crippen LogP contribution in [0, 0.1) is 6.92 Å². The number of nitrogens with zero attached hydrogens (tertiary/aromatic N) is 2. The van der Waals surface area contributed by atoms with Gasteiger partial charge in [-0.1, -0.05) is 19.1 Å². The third-order valence-corrected chi connectivity index (χ3v) is 3.64. The lowest BCUT2D eigenvalue weighted by Gasteiger charge is -2.10. The molecule has 5 heteroatoms. The average molecular weight is 288 g/mol. The van der Waals surface area contributed by atoms with Crippen molar-refractivity contribution in [3.63, 3.8) is 0 Å². The van der Waals surface area contributed by atoms with Gasteiger partial charge in [0.25, 0.3) is 0 Å². The molecule has 0 amide bonds. The molecule has 1 aromatic carbocycles. The summed E-state index contributed by atoms with van der Waals surface area (Å²) in [5.41, 5.74) is 4.62. The van der Waals surface area contributed by atoms with Gasteiger partial charge in [0.2, 0.25) is 0 Å². The number of aryl methyl sites for hydroxylation is 2. The molecule has 1 aromatic heterocycles. The molecule has 106 valence electrons. The van der Waals surface area contributed by atoms with Crippen molar-refractivity contribution in [2.45, 2.75) is 26.8 Å². The fourth-order valence-corrected chi connectivity index (χ4v) is 2.08. The lowest BCUT2D eigenvalue weighted by Crippen LogP contribution is -2.28. The van der Waals surface area contributed by atoms with Crippen molar-refractivity contribution in [2.75, 3.05) is 5.32 Å². The number of hydrogen-bond acceptors (Lipinski definition) is 2. The zero-order valence-corrected chi connectivity index (χ0v) is 12.9. The fourth-order valence-electron chi connectivity index (χ4n) is 1.89. The standard InChI is InChI=1S/C15H20N4S/c1-4-12-5-7-14(8-6-12)18-15(20)16-9-13-10-17-19(3)11(13)2/h5-8,10H,4,9H2,1-3H3,(H2,16,18,20). The predicted octanol–water partition coefficient (Wildman–Crippen LogP) is 2.78. The number of nitrogens with one attached hydrogen (secondary N) is 2. The van der Waals surface area contributed by atoms with Gasteiger partial charge in [0, 0.05) is 30.5 Å². The lowest BCUT2D eigenvalue weighted by atomic mass is 10.1. The molecule has 2 rings (SSSR count). The monoisotopic (exact) mass is 288 g/mol. The van der Waals surface area contributed by atoms with Crippen LogP contribution in [0.3, 0.4) is 0 Å². The van der Waals surface area contributed by atoms with Crippen LogP contribution in [0.1, 0.15) is 23.7 Å². The Morgan fingerprint density at radius 3 is 2.55 bits per heavy atom. The molecule has 0 saturated carbocycles. The topological polar surface area (TPSA) is 41.9 Å². The van der Waals surface area contributed by atoms with E-state index in [1.54, 1.807) is 0 Å². The fraction of sp³-hybridized carbons (Fsp3) is 0.333. The molecule has 0 spiro atoms. The third-order valence-electron chi connectivity index (χ3n) is 3.40. The summed E-state index contributed by atoms with van der Waals surface area (Å²) in [5, 5.41) is 11.2. The highest BCUT2D eigenvalue weighted by molar-refractivity contribution is 7.80. The first kappa shape index (κ1) is 14.5. The highest BCUT2D eigenvalue weighted by Crippen LogP contribution is 2.10. The molecule has 4 nitrogen and oxygen atoms in total. The van der Waals surface area contributed by atoms with E-state index in [-0.39, 0.29) is 0 Å². The highest BCUT2D eigenvalue weighted by atomic mass is 32.1. The Morgan fingerprint density at radius 2 is 2.00 bits per heavy atom. The molecule has 2 N–H and O–H groups in total. The Kier molecular flexibility index (Phi) is 4.74. The van der Waals surface area contributed by atoms with E-state index < -0.39 is 0 Å². The van der Waals surface area contributed by atoms with Crippen molar-refractivity contribution in [3.05, 3.63) is 47.3 Å². The van der Waals surface area contributed by atoms with Crippen molar-refractivity contribution in [3.8, 4) is 0 Å². The molecule has 0 aliphatic rings. The molecular formula is C15H20N4S. The van der Waals surface area contributed by atoms with Gasteiger partial charge in [-0.2, -0.15) is 5.10 Å².